The molecule has 36 heavy (non-hydrogen) atoms. The average molecular weight is 480 g/mol. The highest BCUT2D eigenvalue weighted by Crippen LogP contribution is 2.35. The first kappa shape index (κ1) is 22.7. The van der Waals surface area contributed by atoms with E-state index in [2.05, 4.69) is 70.6 Å². The molecule has 0 radical (unpaired) electrons. The first-order valence-corrected chi connectivity index (χ1v) is 12.6. The van der Waals surface area contributed by atoms with Crippen LogP contribution in [0.1, 0.15) is 18.4 Å². The van der Waals surface area contributed by atoms with Crippen LogP contribution in [0.25, 0.3) is 33.3 Å². The van der Waals surface area contributed by atoms with Gasteiger partial charge in [-0.3, -0.25) is 0 Å². The third-order valence-corrected chi connectivity index (χ3v) is 7.07. The summed E-state index contributed by atoms with van der Waals surface area (Å²) in [4.78, 5) is 5.97. The van der Waals surface area contributed by atoms with Crippen LogP contribution >= 0.6 is 0 Å². The van der Waals surface area contributed by atoms with Gasteiger partial charge in [-0.05, 0) is 47.5 Å². The lowest BCUT2D eigenvalue weighted by atomic mass is 9.99. The second kappa shape index (κ2) is 10.1. The molecule has 3 aromatic carbocycles. The van der Waals surface area contributed by atoms with E-state index in [-0.39, 0.29) is 6.10 Å². The molecular formula is C30H29N3O3. The molecule has 6 rings (SSSR count). The van der Waals surface area contributed by atoms with Gasteiger partial charge < -0.3 is 24.1 Å². The molecule has 0 bridgehead atoms. The Balaban J connectivity index is 1.32. The Morgan fingerprint density at radius 3 is 2.50 bits per heavy atom. The van der Waals surface area contributed by atoms with Crippen LogP contribution in [-0.4, -0.2) is 50.6 Å². The largest absolute Gasteiger partial charge is 0.489 e. The van der Waals surface area contributed by atoms with Crippen LogP contribution < -0.4 is 9.64 Å². The maximum absolute atomic E-state index is 9.85. The van der Waals surface area contributed by atoms with Gasteiger partial charge in [0.05, 0.1) is 32.0 Å². The molecule has 0 amide bonds. The maximum atomic E-state index is 9.85. The molecule has 6 heteroatoms. The molecule has 3 heterocycles. The number of nitrogens with zero attached hydrogens (tertiary/aromatic N) is 2. The summed E-state index contributed by atoms with van der Waals surface area (Å²) in [5.74, 6) is 0.648. The van der Waals surface area contributed by atoms with Crippen molar-refractivity contribution >= 4 is 16.6 Å². The number of nitriles is 1. The van der Waals surface area contributed by atoms with E-state index >= 15 is 0 Å². The fourth-order valence-corrected chi connectivity index (χ4v) is 5.12. The topological polar surface area (TPSA) is 70.5 Å². The minimum atomic E-state index is 0.0978. The van der Waals surface area contributed by atoms with Crippen molar-refractivity contribution in [2.24, 2.45) is 0 Å². The van der Waals surface area contributed by atoms with Crippen LogP contribution in [0, 0.1) is 11.3 Å². The zero-order valence-electron chi connectivity index (χ0n) is 20.2. The van der Waals surface area contributed by atoms with Gasteiger partial charge in [0.15, 0.2) is 0 Å². The zero-order valence-corrected chi connectivity index (χ0v) is 20.2. The third-order valence-electron chi connectivity index (χ3n) is 7.07. The van der Waals surface area contributed by atoms with E-state index in [9.17, 15) is 5.26 Å². The Morgan fingerprint density at radius 2 is 1.67 bits per heavy atom. The number of ether oxygens (including phenoxy) is 3. The van der Waals surface area contributed by atoms with Gasteiger partial charge in [0, 0.05) is 53.8 Å². The molecule has 0 aliphatic carbocycles. The monoisotopic (exact) mass is 479 g/mol. The van der Waals surface area contributed by atoms with Crippen molar-refractivity contribution in [1.29, 1.82) is 5.26 Å². The van der Waals surface area contributed by atoms with Crippen LogP contribution in [0.3, 0.4) is 0 Å². The molecule has 6 nitrogen and oxygen atoms in total. The van der Waals surface area contributed by atoms with Crippen LogP contribution in [0.4, 0.5) is 5.69 Å². The maximum Gasteiger partial charge on any atom is 0.137 e. The van der Waals surface area contributed by atoms with Crippen molar-refractivity contribution in [1.82, 2.24) is 4.98 Å². The Hall–Kier alpha value is -3.79. The van der Waals surface area contributed by atoms with Gasteiger partial charge in [-0.1, -0.05) is 30.3 Å². The molecule has 0 saturated carbocycles. The standard InChI is InChI=1S/C30H29N3O3/c31-20-23-17-21(7-8-30(23)36-25-9-13-34-14-10-25)26-5-2-6-28-27(26)19-29(32-28)22-3-1-4-24(18-22)33-11-15-35-16-12-33/h1-8,17-19,25,32H,9-16H2. The summed E-state index contributed by atoms with van der Waals surface area (Å²) in [5, 5.41) is 11.0. The fourth-order valence-electron chi connectivity index (χ4n) is 5.12. The first-order valence-electron chi connectivity index (χ1n) is 12.6. The summed E-state index contributed by atoms with van der Waals surface area (Å²) < 4.78 is 17.1. The van der Waals surface area contributed by atoms with E-state index in [1.807, 2.05) is 12.1 Å². The normalized spacial score (nSPS) is 16.7. The summed E-state index contributed by atoms with van der Waals surface area (Å²) in [6.45, 7) is 4.77. The molecule has 1 N–H and O–H groups in total. The van der Waals surface area contributed by atoms with Gasteiger partial charge in [-0.2, -0.15) is 5.26 Å². The number of aromatic nitrogens is 1. The highest BCUT2D eigenvalue weighted by atomic mass is 16.5. The quantitative estimate of drug-likeness (QED) is 0.394. The Kier molecular flexibility index (Phi) is 6.33. The molecule has 2 aliphatic rings. The zero-order chi connectivity index (χ0) is 24.3. The molecule has 0 atom stereocenters. The Bertz CT molecular complexity index is 1410. The number of nitrogens with one attached hydrogen (secondary N) is 1. The highest BCUT2D eigenvalue weighted by Gasteiger charge is 2.18. The molecule has 2 saturated heterocycles. The second-order valence-corrected chi connectivity index (χ2v) is 9.35. The first-order chi connectivity index (χ1) is 17.8. The SMILES string of the molecule is N#Cc1cc(-c2cccc3[nH]c(-c4cccc(N5CCOCC5)c4)cc23)ccc1OC1CCOCC1. The number of hydrogen-bond acceptors (Lipinski definition) is 5. The minimum absolute atomic E-state index is 0.0978. The summed E-state index contributed by atoms with van der Waals surface area (Å²) >= 11 is 0. The number of aromatic amines is 1. The fraction of sp³-hybridized carbons (Fsp3) is 0.300. The van der Waals surface area contributed by atoms with Gasteiger partial charge in [0.25, 0.3) is 0 Å². The molecular weight excluding hydrogens is 450 g/mol. The minimum Gasteiger partial charge on any atom is -0.489 e. The summed E-state index contributed by atoms with van der Waals surface area (Å²) in [6.07, 6.45) is 1.80. The molecule has 4 aromatic rings. The van der Waals surface area contributed by atoms with Crippen molar-refractivity contribution in [3.8, 4) is 34.2 Å². The highest BCUT2D eigenvalue weighted by molar-refractivity contribution is 5.98. The molecule has 182 valence electrons. The average Bonchev–Trinajstić information content (AvgIpc) is 3.39. The van der Waals surface area contributed by atoms with Gasteiger partial charge in [0.1, 0.15) is 17.9 Å². The van der Waals surface area contributed by atoms with Gasteiger partial charge in [-0.25, -0.2) is 0 Å². The summed E-state index contributed by atoms with van der Waals surface area (Å²) in [5.41, 5.74) is 7.17. The molecule has 2 fully saturated rings. The summed E-state index contributed by atoms with van der Waals surface area (Å²) in [7, 11) is 0. The van der Waals surface area contributed by atoms with Crippen molar-refractivity contribution in [3.05, 3.63) is 72.3 Å². The number of benzene rings is 3. The van der Waals surface area contributed by atoms with Gasteiger partial charge in [0.2, 0.25) is 0 Å². The van der Waals surface area contributed by atoms with Gasteiger partial charge >= 0.3 is 0 Å². The Labute approximate surface area is 211 Å². The molecule has 0 spiro atoms. The lowest BCUT2D eigenvalue weighted by molar-refractivity contribution is 0.0254. The van der Waals surface area contributed by atoms with Crippen molar-refractivity contribution in [3.63, 3.8) is 0 Å². The summed E-state index contributed by atoms with van der Waals surface area (Å²) in [6, 6.07) is 25.4. The van der Waals surface area contributed by atoms with Gasteiger partial charge in [-0.15, -0.1) is 0 Å². The number of rotatable bonds is 5. The van der Waals surface area contributed by atoms with Crippen molar-refractivity contribution < 1.29 is 14.2 Å². The lowest BCUT2D eigenvalue weighted by Gasteiger charge is -2.29. The Morgan fingerprint density at radius 1 is 0.861 bits per heavy atom. The smallest absolute Gasteiger partial charge is 0.137 e. The molecule has 2 aliphatic heterocycles. The molecule has 1 aromatic heterocycles. The number of hydrogen-bond donors (Lipinski definition) is 1. The number of H-pyrrole nitrogens is 1. The van der Waals surface area contributed by atoms with E-state index in [4.69, 9.17) is 14.2 Å². The number of morpholine rings is 1. The van der Waals surface area contributed by atoms with Crippen LogP contribution in [0.2, 0.25) is 0 Å². The number of fused-ring (bicyclic) bond motifs is 1. The van der Waals surface area contributed by atoms with E-state index in [0.29, 0.717) is 24.5 Å². The van der Waals surface area contributed by atoms with E-state index < -0.39 is 0 Å². The van der Waals surface area contributed by atoms with E-state index in [1.54, 1.807) is 0 Å². The predicted octanol–water partition coefficient (Wildman–Crippen LogP) is 5.77. The van der Waals surface area contributed by atoms with Crippen LogP contribution in [0.15, 0.2) is 66.7 Å². The second-order valence-electron chi connectivity index (χ2n) is 9.35. The van der Waals surface area contributed by atoms with Crippen molar-refractivity contribution in [2.45, 2.75) is 18.9 Å². The predicted molar refractivity (Wildman–Crippen MR) is 141 cm³/mol. The number of anilines is 1. The van der Waals surface area contributed by atoms with Crippen LogP contribution in [0.5, 0.6) is 5.75 Å². The lowest BCUT2D eigenvalue weighted by Crippen LogP contribution is -2.36. The molecule has 0 unspecified atom stereocenters. The van der Waals surface area contributed by atoms with Crippen molar-refractivity contribution in [2.75, 3.05) is 44.4 Å². The van der Waals surface area contributed by atoms with E-state index in [1.165, 1.54) is 5.69 Å². The third kappa shape index (κ3) is 4.56. The van der Waals surface area contributed by atoms with Crippen LogP contribution in [-0.2, 0) is 9.47 Å². The van der Waals surface area contributed by atoms with E-state index in [0.717, 1.165) is 72.4 Å².